The summed E-state index contributed by atoms with van der Waals surface area (Å²) in [5.74, 6) is 0.727. The molecule has 0 spiro atoms. The summed E-state index contributed by atoms with van der Waals surface area (Å²) in [5.41, 5.74) is 0.304. The molecule has 4 nitrogen and oxygen atoms in total. The predicted molar refractivity (Wildman–Crippen MR) is 60.3 cm³/mol. The van der Waals surface area contributed by atoms with Crippen molar-refractivity contribution in [2.45, 2.75) is 32.2 Å². The Labute approximate surface area is 93.0 Å². The van der Waals surface area contributed by atoms with Gasteiger partial charge in [-0.05, 0) is 18.8 Å². The lowest BCUT2D eigenvalue weighted by molar-refractivity contribution is 0.692. The van der Waals surface area contributed by atoms with Gasteiger partial charge >= 0.3 is 0 Å². The molecule has 1 fully saturated rings. The summed E-state index contributed by atoms with van der Waals surface area (Å²) in [6.45, 7) is 2.18. The van der Waals surface area contributed by atoms with Crippen LogP contribution >= 0.6 is 11.6 Å². The Morgan fingerprint density at radius 3 is 3.27 bits per heavy atom. The molecule has 82 valence electrons. The molecular formula is C10H14ClN3O. The number of nitrogens with one attached hydrogen (secondary N) is 2. The summed E-state index contributed by atoms with van der Waals surface area (Å²) >= 11 is 5.84. The molecule has 5 heteroatoms. The molecule has 2 N–H and O–H groups in total. The van der Waals surface area contributed by atoms with Crippen LogP contribution in [0.3, 0.4) is 0 Å². The Kier molecular flexibility index (Phi) is 2.95. The van der Waals surface area contributed by atoms with Gasteiger partial charge in [-0.15, -0.1) is 0 Å². The monoisotopic (exact) mass is 227 g/mol. The van der Waals surface area contributed by atoms with E-state index in [4.69, 9.17) is 11.6 Å². The van der Waals surface area contributed by atoms with Crippen molar-refractivity contribution in [3.63, 3.8) is 0 Å². The number of aromatic nitrogens is 2. The normalized spacial score (nSPS) is 23.9. The highest BCUT2D eigenvalue weighted by molar-refractivity contribution is 6.32. The van der Waals surface area contributed by atoms with Gasteiger partial charge in [0, 0.05) is 6.04 Å². The molecule has 0 radical (unpaired) electrons. The minimum absolute atomic E-state index is 0.201. The summed E-state index contributed by atoms with van der Waals surface area (Å²) in [6, 6.07) is 0.464. The van der Waals surface area contributed by atoms with Gasteiger partial charge in [-0.2, -0.15) is 5.10 Å². The summed E-state index contributed by atoms with van der Waals surface area (Å²) in [4.78, 5) is 11.2. The number of H-pyrrole nitrogens is 1. The van der Waals surface area contributed by atoms with Crippen LogP contribution in [0.15, 0.2) is 11.0 Å². The average Bonchev–Trinajstić information content (AvgIpc) is 2.93. The number of nitrogens with zero attached hydrogens (tertiary/aromatic N) is 1. The van der Waals surface area contributed by atoms with Crippen molar-refractivity contribution in [3.8, 4) is 0 Å². The van der Waals surface area contributed by atoms with Crippen molar-refractivity contribution >= 4 is 17.3 Å². The third kappa shape index (κ3) is 2.31. The van der Waals surface area contributed by atoms with E-state index in [2.05, 4.69) is 22.4 Å². The first-order chi connectivity index (χ1) is 7.22. The van der Waals surface area contributed by atoms with E-state index in [1.807, 2.05) is 0 Å². The van der Waals surface area contributed by atoms with Gasteiger partial charge in [-0.25, -0.2) is 5.10 Å². The number of hydrogen-bond acceptors (Lipinski definition) is 3. The van der Waals surface area contributed by atoms with E-state index in [9.17, 15) is 4.79 Å². The van der Waals surface area contributed by atoms with Gasteiger partial charge in [0.15, 0.2) is 0 Å². The largest absolute Gasteiger partial charge is 0.379 e. The molecule has 0 unspecified atom stereocenters. The van der Waals surface area contributed by atoms with Crippen molar-refractivity contribution in [2.75, 3.05) is 5.32 Å². The minimum Gasteiger partial charge on any atom is -0.379 e. The van der Waals surface area contributed by atoms with Gasteiger partial charge in [0.1, 0.15) is 5.02 Å². The fraction of sp³-hybridized carbons (Fsp3) is 0.600. The second-order valence-electron chi connectivity index (χ2n) is 3.96. The number of aromatic amines is 1. The van der Waals surface area contributed by atoms with Crippen LogP contribution in [0.25, 0.3) is 0 Å². The Balaban J connectivity index is 2.01. The lowest BCUT2D eigenvalue weighted by Crippen LogP contribution is -2.13. The fourth-order valence-corrected chi connectivity index (χ4v) is 1.94. The molecule has 1 aliphatic rings. The average molecular weight is 228 g/mol. The van der Waals surface area contributed by atoms with E-state index in [-0.39, 0.29) is 10.6 Å². The number of anilines is 1. The molecule has 2 rings (SSSR count). The quantitative estimate of drug-likeness (QED) is 0.828. The third-order valence-electron chi connectivity index (χ3n) is 2.72. The van der Waals surface area contributed by atoms with Crippen molar-refractivity contribution in [3.05, 3.63) is 21.6 Å². The second-order valence-corrected chi connectivity index (χ2v) is 4.34. The Morgan fingerprint density at radius 1 is 1.73 bits per heavy atom. The van der Waals surface area contributed by atoms with Crippen molar-refractivity contribution in [1.82, 2.24) is 10.2 Å². The van der Waals surface area contributed by atoms with E-state index in [0.29, 0.717) is 11.7 Å². The first-order valence-corrected chi connectivity index (χ1v) is 5.60. The highest BCUT2D eigenvalue weighted by Crippen LogP contribution is 2.37. The lowest BCUT2D eigenvalue weighted by atomic mass is 10.2. The molecule has 0 aromatic carbocycles. The van der Waals surface area contributed by atoms with Crippen LogP contribution in [0.2, 0.25) is 5.02 Å². The minimum atomic E-state index is -0.339. The maximum Gasteiger partial charge on any atom is 0.285 e. The first-order valence-electron chi connectivity index (χ1n) is 5.22. The van der Waals surface area contributed by atoms with E-state index in [1.54, 1.807) is 6.20 Å². The zero-order chi connectivity index (χ0) is 10.8. The fourth-order valence-electron chi connectivity index (χ4n) is 1.80. The summed E-state index contributed by atoms with van der Waals surface area (Å²) in [7, 11) is 0. The van der Waals surface area contributed by atoms with Crippen molar-refractivity contribution < 1.29 is 0 Å². The van der Waals surface area contributed by atoms with Crippen LogP contribution in [0.5, 0.6) is 0 Å². The highest BCUT2D eigenvalue weighted by Gasteiger charge is 2.36. The molecule has 0 bridgehead atoms. The summed E-state index contributed by atoms with van der Waals surface area (Å²) < 4.78 is 0. The van der Waals surface area contributed by atoms with E-state index >= 15 is 0 Å². The maximum atomic E-state index is 11.2. The molecule has 1 heterocycles. The van der Waals surface area contributed by atoms with E-state index in [1.165, 1.54) is 12.8 Å². The SMILES string of the molecule is CCC[C@@H]1C[C@@H]1Nc1cn[nH]c(=O)c1Cl. The molecule has 1 saturated carbocycles. The zero-order valence-electron chi connectivity index (χ0n) is 8.59. The number of rotatable bonds is 4. The van der Waals surface area contributed by atoms with Gasteiger partial charge in [-0.1, -0.05) is 24.9 Å². The van der Waals surface area contributed by atoms with Crippen LogP contribution in [-0.4, -0.2) is 16.2 Å². The molecule has 0 saturated heterocycles. The Hall–Kier alpha value is -1.03. The predicted octanol–water partition coefficient (Wildman–Crippen LogP) is 2.02. The van der Waals surface area contributed by atoms with Gasteiger partial charge in [-0.3, -0.25) is 4.79 Å². The standard InChI is InChI=1S/C10H14ClN3O/c1-2-3-6-4-7(6)13-8-5-12-14-10(15)9(8)11/h5-7H,2-4H2,1H3,(H2,13,14,15)/t6-,7+/m1/s1. The van der Waals surface area contributed by atoms with E-state index < -0.39 is 0 Å². The number of halogens is 1. The van der Waals surface area contributed by atoms with Crippen LogP contribution in [0.1, 0.15) is 26.2 Å². The van der Waals surface area contributed by atoms with Gasteiger partial charge in [0.05, 0.1) is 11.9 Å². The van der Waals surface area contributed by atoms with Crippen LogP contribution in [0, 0.1) is 5.92 Å². The summed E-state index contributed by atoms with van der Waals surface area (Å²) in [5, 5.41) is 9.45. The zero-order valence-corrected chi connectivity index (χ0v) is 9.34. The highest BCUT2D eigenvalue weighted by atomic mass is 35.5. The second kappa shape index (κ2) is 4.23. The van der Waals surface area contributed by atoms with Gasteiger partial charge in [0.25, 0.3) is 5.56 Å². The number of hydrogen-bond donors (Lipinski definition) is 2. The maximum absolute atomic E-state index is 11.2. The molecule has 0 aliphatic heterocycles. The van der Waals surface area contributed by atoms with Crippen molar-refractivity contribution in [1.29, 1.82) is 0 Å². The molecule has 0 amide bonds. The molecule has 1 aliphatic carbocycles. The Morgan fingerprint density at radius 2 is 2.53 bits per heavy atom. The molecule has 1 aromatic rings. The van der Waals surface area contributed by atoms with E-state index in [0.717, 1.165) is 12.3 Å². The smallest absolute Gasteiger partial charge is 0.285 e. The first kappa shape index (κ1) is 10.5. The third-order valence-corrected chi connectivity index (χ3v) is 3.09. The van der Waals surface area contributed by atoms with Crippen LogP contribution in [0.4, 0.5) is 5.69 Å². The van der Waals surface area contributed by atoms with Gasteiger partial charge < -0.3 is 5.32 Å². The topological polar surface area (TPSA) is 57.8 Å². The van der Waals surface area contributed by atoms with Gasteiger partial charge in [0.2, 0.25) is 0 Å². The molecule has 15 heavy (non-hydrogen) atoms. The lowest BCUT2D eigenvalue weighted by Gasteiger charge is -2.05. The Bertz CT molecular complexity index is 404. The molecular weight excluding hydrogens is 214 g/mol. The van der Waals surface area contributed by atoms with Crippen molar-refractivity contribution in [2.24, 2.45) is 5.92 Å². The summed E-state index contributed by atoms with van der Waals surface area (Å²) in [6.07, 6.45) is 5.15. The van der Waals surface area contributed by atoms with Crippen LogP contribution < -0.4 is 10.9 Å². The van der Waals surface area contributed by atoms with Crippen LogP contribution in [-0.2, 0) is 0 Å². The molecule has 2 atom stereocenters. The molecule has 1 aromatic heterocycles.